The summed E-state index contributed by atoms with van der Waals surface area (Å²) in [5.41, 5.74) is 0. The zero-order chi connectivity index (χ0) is 12.2. The Morgan fingerprint density at radius 3 is 2.53 bits per heavy atom. The number of nitrogens with one attached hydrogen (secondary N) is 2. The van der Waals surface area contributed by atoms with E-state index in [4.69, 9.17) is 5.11 Å². The summed E-state index contributed by atoms with van der Waals surface area (Å²) in [4.78, 5) is 10.2. The maximum absolute atomic E-state index is 11.2. The van der Waals surface area contributed by atoms with Crippen molar-refractivity contribution < 1.29 is 44.6 Å². The van der Waals surface area contributed by atoms with E-state index < -0.39 is 5.97 Å². The molecular formula is C11H21N2NaO3. The molecule has 0 rings (SSSR count). The molecule has 94 valence electrons. The van der Waals surface area contributed by atoms with Gasteiger partial charge < -0.3 is 20.8 Å². The molecule has 0 unspecified atom stereocenters. The van der Waals surface area contributed by atoms with Crippen LogP contribution in [0.25, 0.3) is 0 Å². The summed E-state index contributed by atoms with van der Waals surface area (Å²) in [6.07, 6.45) is 3.65. The van der Waals surface area contributed by atoms with Crippen molar-refractivity contribution in [3.63, 3.8) is 0 Å². The summed E-state index contributed by atoms with van der Waals surface area (Å²) < 4.78 is 0. The predicted molar refractivity (Wildman–Crippen MR) is 61.0 cm³/mol. The van der Waals surface area contributed by atoms with Gasteiger partial charge in [0.05, 0.1) is 6.42 Å². The third-order valence-electron chi connectivity index (χ3n) is 1.95. The number of rotatable bonds is 10. The van der Waals surface area contributed by atoms with Crippen LogP contribution >= 0.6 is 0 Å². The Hall–Kier alpha value is -0.0700. The molecule has 0 bridgehead atoms. The molecule has 0 aromatic rings. The smallest absolute Gasteiger partial charge is 0.875 e. The molecule has 0 amide bonds. The molecule has 3 N–H and O–H groups in total. The SMILES string of the molecule is CCC/C=C(\[O-])CNCCNCCC(=O)O.[Na+]. The largest absolute Gasteiger partial charge is 1.00 e. The van der Waals surface area contributed by atoms with Crippen molar-refractivity contribution in [2.45, 2.75) is 26.2 Å². The van der Waals surface area contributed by atoms with Gasteiger partial charge in [0, 0.05) is 26.2 Å². The average molecular weight is 252 g/mol. The first-order chi connectivity index (χ1) is 7.66. The molecule has 0 aliphatic heterocycles. The number of carbonyl (C=O) groups is 1. The molecule has 0 spiro atoms. The summed E-state index contributed by atoms with van der Waals surface area (Å²) >= 11 is 0. The molecule has 0 fully saturated rings. The van der Waals surface area contributed by atoms with Gasteiger partial charge in [0.15, 0.2) is 0 Å². The van der Waals surface area contributed by atoms with Gasteiger partial charge in [-0.25, -0.2) is 0 Å². The molecule has 0 heterocycles. The molecule has 5 nitrogen and oxygen atoms in total. The van der Waals surface area contributed by atoms with Gasteiger partial charge in [0.2, 0.25) is 0 Å². The molecule has 0 saturated heterocycles. The number of allylic oxidation sites excluding steroid dienone is 1. The Balaban J connectivity index is 0. The summed E-state index contributed by atoms with van der Waals surface area (Å²) in [7, 11) is 0. The zero-order valence-corrected chi connectivity index (χ0v) is 12.8. The standard InChI is InChI=1S/C11H22N2O3.Na/c1-2-3-4-10(14)9-13-8-7-12-6-5-11(15)16;/h4,12-14H,2-3,5-9H2,1H3,(H,15,16);/q;+1/p-1/b10-4-;. The second-order valence-corrected chi connectivity index (χ2v) is 3.53. The van der Waals surface area contributed by atoms with Gasteiger partial charge in [0.1, 0.15) is 0 Å². The van der Waals surface area contributed by atoms with Crippen LogP contribution in [-0.2, 0) is 4.79 Å². The van der Waals surface area contributed by atoms with E-state index in [1.165, 1.54) is 0 Å². The second-order valence-electron chi connectivity index (χ2n) is 3.53. The van der Waals surface area contributed by atoms with E-state index in [0.717, 1.165) is 12.8 Å². The van der Waals surface area contributed by atoms with E-state index in [0.29, 0.717) is 26.2 Å². The average Bonchev–Trinajstić information content (AvgIpc) is 2.24. The number of hydrogen-bond donors (Lipinski definition) is 3. The van der Waals surface area contributed by atoms with Gasteiger partial charge in [0.25, 0.3) is 0 Å². The minimum absolute atomic E-state index is 0. The predicted octanol–water partition coefficient (Wildman–Crippen LogP) is -3.31. The Kier molecular flexibility index (Phi) is 15.9. The van der Waals surface area contributed by atoms with Crippen molar-refractivity contribution in [3.05, 3.63) is 11.8 Å². The minimum Gasteiger partial charge on any atom is -0.875 e. The van der Waals surface area contributed by atoms with Crippen molar-refractivity contribution in [2.75, 3.05) is 26.2 Å². The molecule has 6 heteroatoms. The summed E-state index contributed by atoms with van der Waals surface area (Å²) in [6, 6.07) is 0. The van der Waals surface area contributed by atoms with Crippen molar-refractivity contribution in [1.82, 2.24) is 10.6 Å². The number of carboxylic acid groups (broad SMARTS) is 1. The van der Waals surface area contributed by atoms with Crippen LogP contribution in [0.3, 0.4) is 0 Å². The quantitative estimate of drug-likeness (QED) is 0.215. The van der Waals surface area contributed by atoms with E-state index in [9.17, 15) is 9.90 Å². The Labute approximate surface area is 125 Å². The van der Waals surface area contributed by atoms with Gasteiger partial charge in [-0.15, -0.1) is 5.76 Å². The molecule has 0 aromatic carbocycles. The molecule has 17 heavy (non-hydrogen) atoms. The van der Waals surface area contributed by atoms with Crippen LogP contribution in [-0.4, -0.2) is 37.3 Å². The molecule has 0 atom stereocenters. The van der Waals surface area contributed by atoms with Crippen LogP contribution < -0.4 is 45.3 Å². The van der Waals surface area contributed by atoms with Gasteiger partial charge in [-0.2, -0.15) is 0 Å². The van der Waals surface area contributed by atoms with Crippen LogP contribution in [0.5, 0.6) is 0 Å². The van der Waals surface area contributed by atoms with Crippen molar-refractivity contribution in [1.29, 1.82) is 0 Å². The molecule has 0 aromatic heterocycles. The van der Waals surface area contributed by atoms with Crippen molar-refractivity contribution >= 4 is 5.97 Å². The van der Waals surface area contributed by atoms with Crippen LogP contribution in [0.4, 0.5) is 0 Å². The molecule has 0 aliphatic carbocycles. The molecule has 0 saturated carbocycles. The fourth-order valence-electron chi connectivity index (χ4n) is 1.09. The van der Waals surface area contributed by atoms with E-state index in [2.05, 4.69) is 10.6 Å². The van der Waals surface area contributed by atoms with Crippen LogP contribution in [0, 0.1) is 0 Å². The summed E-state index contributed by atoms with van der Waals surface area (Å²) in [5, 5.41) is 25.5. The molecule has 0 radical (unpaired) electrons. The Bertz CT molecular complexity index is 223. The zero-order valence-electron chi connectivity index (χ0n) is 10.8. The topological polar surface area (TPSA) is 84.4 Å². The second kappa shape index (κ2) is 14.0. The van der Waals surface area contributed by atoms with Crippen molar-refractivity contribution in [3.8, 4) is 0 Å². The summed E-state index contributed by atoms with van der Waals surface area (Å²) in [5.74, 6) is -0.683. The first kappa shape index (κ1) is 19.3. The third kappa shape index (κ3) is 15.9. The van der Waals surface area contributed by atoms with Gasteiger partial charge in [-0.05, 0) is 6.42 Å². The van der Waals surface area contributed by atoms with E-state index in [-0.39, 0.29) is 41.7 Å². The van der Waals surface area contributed by atoms with Gasteiger partial charge >= 0.3 is 35.5 Å². The van der Waals surface area contributed by atoms with Gasteiger partial charge in [-0.1, -0.05) is 19.4 Å². The Morgan fingerprint density at radius 1 is 1.29 bits per heavy atom. The number of unbranched alkanes of at least 4 members (excludes halogenated alkanes) is 1. The van der Waals surface area contributed by atoms with Crippen LogP contribution in [0.1, 0.15) is 26.2 Å². The van der Waals surface area contributed by atoms with Crippen LogP contribution in [0.15, 0.2) is 11.8 Å². The fourth-order valence-corrected chi connectivity index (χ4v) is 1.09. The Morgan fingerprint density at radius 2 is 1.94 bits per heavy atom. The number of aliphatic carboxylic acids is 1. The maximum atomic E-state index is 11.2. The first-order valence-corrected chi connectivity index (χ1v) is 5.66. The fraction of sp³-hybridized carbons (Fsp3) is 0.727. The number of carboxylic acids is 1. The van der Waals surface area contributed by atoms with E-state index >= 15 is 0 Å². The minimum atomic E-state index is -0.801. The molecule has 0 aliphatic rings. The van der Waals surface area contributed by atoms with Crippen molar-refractivity contribution in [2.24, 2.45) is 0 Å². The first-order valence-electron chi connectivity index (χ1n) is 5.66. The third-order valence-corrected chi connectivity index (χ3v) is 1.95. The van der Waals surface area contributed by atoms with E-state index in [1.54, 1.807) is 6.08 Å². The van der Waals surface area contributed by atoms with Crippen LogP contribution in [0.2, 0.25) is 0 Å². The van der Waals surface area contributed by atoms with Gasteiger partial charge in [-0.3, -0.25) is 4.79 Å². The van der Waals surface area contributed by atoms with E-state index in [1.807, 2.05) is 6.92 Å². The monoisotopic (exact) mass is 252 g/mol. The molecular weight excluding hydrogens is 231 g/mol. The number of hydrogen-bond acceptors (Lipinski definition) is 4. The maximum Gasteiger partial charge on any atom is 1.00 e. The normalized spacial score (nSPS) is 11.0. The summed E-state index contributed by atoms with van der Waals surface area (Å²) in [6.45, 7) is 4.21.